The first-order chi connectivity index (χ1) is 18.6. The number of carbonyl (C=O) groups is 1. The topological polar surface area (TPSA) is 117 Å². The third-order valence-electron chi connectivity index (χ3n) is 6.46. The summed E-state index contributed by atoms with van der Waals surface area (Å²) in [6.45, 7) is 0.900. The molecule has 1 heterocycles. The summed E-state index contributed by atoms with van der Waals surface area (Å²) in [5.74, 6) is 0. The standard InChI is InChI=1S/C29H32N4O5/c30-32-31-25-16-17-27(38-28(25)34)26(21-36-19-23-12-6-2-7-13-23)33(18-22-10-4-1-5-11-22)29(35)37-20-24-14-8-3-9-15-24/h1-15,25-28,34H,16-21H2/t25-,26+,27+,28+/m1/s1. The number of hydrogen-bond acceptors (Lipinski definition) is 6. The number of ether oxygens (including phenoxy) is 3. The summed E-state index contributed by atoms with van der Waals surface area (Å²) in [4.78, 5) is 18.0. The summed E-state index contributed by atoms with van der Waals surface area (Å²) >= 11 is 0. The van der Waals surface area contributed by atoms with Crippen molar-refractivity contribution < 1.29 is 24.1 Å². The maximum absolute atomic E-state index is 13.6. The summed E-state index contributed by atoms with van der Waals surface area (Å²) in [7, 11) is 0. The van der Waals surface area contributed by atoms with Crippen LogP contribution in [0.2, 0.25) is 0 Å². The molecule has 9 heteroatoms. The predicted octanol–water partition coefficient (Wildman–Crippen LogP) is 5.59. The second kappa shape index (κ2) is 14.2. The van der Waals surface area contributed by atoms with Crippen molar-refractivity contribution in [2.24, 2.45) is 5.11 Å². The summed E-state index contributed by atoms with van der Waals surface area (Å²) in [5.41, 5.74) is 11.6. The molecule has 0 unspecified atom stereocenters. The van der Waals surface area contributed by atoms with Gasteiger partial charge in [0.25, 0.3) is 0 Å². The van der Waals surface area contributed by atoms with Crippen LogP contribution in [0.25, 0.3) is 10.4 Å². The highest BCUT2D eigenvalue weighted by Gasteiger charge is 2.39. The van der Waals surface area contributed by atoms with Crippen molar-refractivity contribution in [2.45, 2.75) is 57.1 Å². The number of hydrogen-bond donors (Lipinski definition) is 1. The Hall–Kier alpha value is -3.88. The summed E-state index contributed by atoms with van der Waals surface area (Å²) in [5, 5.41) is 14.2. The number of aliphatic hydroxyl groups excluding tert-OH is 1. The smallest absolute Gasteiger partial charge is 0.410 e. The van der Waals surface area contributed by atoms with Gasteiger partial charge in [0.15, 0.2) is 6.29 Å². The van der Waals surface area contributed by atoms with E-state index in [9.17, 15) is 9.90 Å². The lowest BCUT2D eigenvalue weighted by Crippen LogP contribution is -2.54. The molecule has 3 aromatic carbocycles. The van der Waals surface area contributed by atoms with E-state index >= 15 is 0 Å². The summed E-state index contributed by atoms with van der Waals surface area (Å²) in [6, 6.07) is 27.6. The van der Waals surface area contributed by atoms with Gasteiger partial charge in [-0.25, -0.2) is 4.79 Å². The quantitative estimate of drug-likeness (QED) is 0.203. The molecule has 3 aromatic rings. The van der Waals surface area contributed by atoms with Gasteiger partial charge in [0, 0.05) is 11.5 Å². The zero-order valence-electron chi connectivity index (χ0n) is 21.1. The lowest BCUT2D eigenvalue weighted by molar-refractivity contribution is -0.193. The third kappa shape index (κ3) is 7.81. The van der Waals surface area contributed by atoms with Crippen molar-refractivity contribution in [1.82, 2.24) is 4.90 Å². The number of benzene rings is 3. The Balaban J connectivity index is 1.56. The molecule has 0 aliphatic carbocycles. The van der Waals surface area contributed by atoms with E-state index in [1.807, 2.05) is 91.0 Å². The zero-order chi connectivity index (χ0) is 26.6. The maximum Gasteiger partial charge on any atom is 0.410 e. The second-order valence-corrected chi connectivity index (χ2v) is 9.14. The predicted molar refractivity (Wildman–Crippen MR) is 142 cm³/mol. The Labute approximate surface area is 222 Å². The SMILES string of the molecule is [N-]=[N+]=N[C@@H]1CC[C@@H]([C@H](COCc2ccccc2)N(Cc2ccccc2)C(=O)OCc2ccccc2)O[C@@H]1O. The fraction of sp³-hybridized carbons (Fsp3) is 0.345. The van der Waals surface area contributed by atoms with Crippen LogP contribution in [-0.4, -0.2) is 47.2 Å². The van der Waals surface area contributed by atoms with Crippen LogP contribution in [0.1, 0.15) is 29.5 Å². The first kappa shape index (κ1) is 27.2. The summed E-state index contributed by atoms with van der Waals surface area (Å²) < 4.78 is 17.7. The van der Waals surface area contributed by atoms with Gasteiger partial charge in [0.2, 0.25) is 0 Å². The molecule has 0 spiro atoms. The van der Waals surface area contributed by atoms with Crippen LogP contribution in [0.5, 0.6) is 0 Å². The Kier molecular flexibility index (Phi) is 10.1. The zero-order valence-corrected chi connectivity index (χ0v) is 21.1. The fourth-order valence-electron chi connectivity index (χ4n) is 4.45. The van der Waals surface area contributed by atoms with E-state index in [0.29, 0.717) is 19.4 Å². The van der Waals surface area contributed by atoms with E-state index < -0.39 is 30.6 Å². The van der Waals surface area contributed by atoms with E-state index in [1.54, 1.807) is 4.90 Å². The molecule has 38 heavy (non-hydrogen) atoms. The van der Waals surface area contributed by atoms with Gasteiger partial charge in [0.05, 0.1) is 31.4 Å². The summed E-state index contributed by atoms with van der Waals surface area (Å²) in [6.07, 6.45) is -1.46. The molecule has 0 saturated carbocycles. The van der Waals surface area contributed by atoms with Gasteiger partial charge in [-0.2, -0.15) is 0 Å². The Bertz CT molecular complexity index is 1180. The van der Waals surface area contributed by atoms with Crippen molar-refractivity contribution in [1.29, 1.82) is 0 Å². The molecule has 1 aliphatic rings. The van der Waals surface area contributed by atoms with Gasteiger partial charge >= 0.3 is 6.09 Å². The molecule has 4 rings (SSSR count). The van der Waals surface area contributed by atoms with Crippen LogP contribution >= 0.6 is 0 Å². The normalized spacial score (nSPS) is 19.7. The minimum absolute atomic E-state index is 0.121. The molecule has 198 valence electrons. The molecule has 4 atom stereocenters. The van der Waals surface area contributed by atoms with E-state index in [0.717, 1.165) is 16.7 Å². The highest BCUT2D eigenvalue weighted by Crippen LogP contribution is 2.27. The van der Waals surface area contributed by atoms with E-state index in [2.05, 4.69) is 10.0 Å². The Morgan fingerprint density at radius 2 is 1.53 bits per heavy atom. The van der Waals surface area contributed by atoms with Crippen LogP contribution in [0.4, 0.5) is 4.79 Å². The van der Waals surface area contributed by atoms with Gasteiger partial charge in [0.1, 0.15) is 6.61 Å². The molecule has 1 fully saturated rings. The number of amides is 1. The maximum atomic E-state index is 13.6. The average molecular weight is 517 g/mol. The van der Waals surface area contributed by atoms with E-state index in [-0.39, 0.29) is 19.8 Å². The van der Waals surface area contributed by atoms with Crippen molar-refractivity contribution in [3.63, 3.8) is 0 Å². The van der Waals surface area contributed by atoms with Crippen molar-refractivity contribution in [3.05, 3.63) is 118 Å². The molecule has 0 radical (unpaired) electrons. The van der Waals surface area contributed by atoms with Crippen LogP contribution in [-0.2, 0) is 34.0 Å². The van der Waals surface area contributed by atoms with Crippen LogP contribution in [0, 0.1) is 0 Å². The lowest BCUT2D eigenvalue weighted by Gasteiger charge is -2.40. The first-order valence-corrected chi connectivity index (χ1v) is 12.6. The van der Waals surface area contributed by atoms with Crippen molar-refractivity contribution >= 4 is 6.09 Å². The molecule has 1 saturated heterocycles. The highest BCUT2D eigenvalue weighted by atomic mass is 16.6. The van der Waals surface area contributed by atoms with Crippen LogP contribution in [0.3, 0.4) is 0 Å². The highest BCUT2D eigenvalue weighted by molar-refractivity contribution is 5.68. The van der Waals surface area contributed by atoms with Gasteiger partial charge in [-0.05, 0) is 35.1 Å². The van der Waals surface area contributed by atoms with E-state index in [4.69, 9.17) is 19.7 Å². The second-order valence-electron chi connectivity index (χ2n) is 9.14. The third-order valence-corrected chi connectivity index (χ3v) is 6.46. The van der Waals surface area contributed by atoms with E-state index in [1.165, 1.54) is 0 Å². The lowest BCUT2D eigenvalue weighted by atomic mass is 9.97. The molecule has 1 aliphatic heterocycles. The van der Waals surface area contributed by atoms with Crippen LogP contribution < -0.4 is 0 Å². The Morgan fingerprint density at radius 3 is 2.11 bits per heavy atom. The molecular formula is C29H32N4O5. The minimum atomic E-state index is -1.28. The molecule has 1 N–H and O–H groups in total. The largest absolute Gasteiger partial charge is 0.445 e. The molecule has 9 nitrogen and oxygen atoms in total. The van der Waals surface area contributed by atoms with Crippen LogP contribution in [0.15, 0.2) is 96.1 Å². The van der Waals surface area contributed by atoms with Gasteiger partial charge in [-0.1, -0.05) is 96.1 Å². The number of nitrogens with zero attached hydrogens (tertiary/aromatic N) is 4. The minimum Gasteiger partial charge on any atom is -0.445 e. The molecule has 0 aromatic heterocycles. The number of carbonyl (C=O) groups excluding carboxylic acids is 1. The molecule has 1 amide bonds. The Morgan fingerprint density at radius 1 is 0.947 bits per heavy atom. The van der Waals surface area contributed by atoms with Gasteiger partial charge in [-0.15, -0.1) is 0 Å². The van der Waals surface area contributed by atoms with Gasteiger partial charge in [-0.3, -0.25) is 4.90 Å². The average Bonchev–Trinajstić information content (AvgIpc) is 2.96. The number of azide groups is 1. The first-order valence-electron chi connectivity index (χ1n) is 12.6. The van der Waals surface area contributed by atoms with Crippen molar-refractivity contribution in [2.75, 3.05) is 6.61 Å². The number of rotatable bonds is 11. The van der Waals surface area contributed by atoms with Crippen molar-refractivity contribution in [3.8, 4) is 0 Å². The fourth-order valence-corrected chi connectivity index (χ4v) is 4.45. The van der Waals surface area contributed by atoms with Gasteiger partial charge < -0.3 is 19.3 Å². The monoisotopic (exact) mass is 516 g/mol. The molecular weight excluding hydrogens is 484 g/mol. The molecule has 0 bridgehead atoms. The number of aliphatic hydroxyl groups is 1.